The Morgan fingerprint density at radius 2 is 1.47 bits per heavy atom. The second-order valence-electron chi connectivity index (χ2n) is 6.49. The average Bonchev–Trinajstić information content (AvgIpc) is 2.08. The molecule has 17 heavy (non-hydrogen) atoms. The smallest absolute Gasteiger partial charge is 0.326 e. The Bertz CT molecular complexity index is 300. The molecule has 0 aliphatic heterocycles. The Morgan fingerprint density at radius 1 is 1.06 bits per heavy atom. The van der Waals surface area contributed by atoms with E-state index in [2.05, 4.69) is 5.32 Å². The minimum atomic E-state index is -1.05. The van der Waals surface area contributed by atoms with Crippen LogP contribution in [0.1, 0.15) is 41.5 Å². The molecule has 0 radical (unpaired) electrons. The quantitative estimate of drug-likeness (QED) is 0.690. The lowest BCUT2D eigenvalue weighted by molar-refractivity contribution is -0.145. The molecule has 0 saturated carbocycles. The van der Waals surface area contributed by atoms with Crippen molar-refractivity contribution in [1.82, 2.24) is 5.32 Å². The summed E-state index contributed by atoms with van der Waals surface area (Å²) in [5, 5.41) is 11.6. The minimum Gasteiger partial charge on any atom is -0.480 e. The zero-order valence-corrected chi connectivity index (χ0v) is 11.5. The van der Waals surface area contributed by atoms with Crippen LogP contribution in [0.2, 0.25) is 0 Å². The van der Waals surface area contributed by atoms with Gasteiger partial charge < -0.3 is 16.2 Å². The predicted octanol–water partition coefficient (Wildman–Crippen LogP) is 0.975. The summed E-state index contributed by atoms with van der Waals surface area (Å²) in [7, 11) is 0. The molecule has 0 heterocycles. The van der Waals surface area contributed by atoms with Crippen molar-refractivity contribution in [3.63, 3.8) is 0 Å². The highest BCUT2D eigenvalue weighted by molar-refractivity contribution is 5.87. The summed E-state index contributed by atoms with van der Waals surface area (Å²) >= 11 is 0. The Balaban J connectivity index is 4.82. The van der Waals surface area contributed by atoms with Crippen LogP contribution in [-0.4, -0.2) is 29.1 Å². The standard InChI is InChI=1S/C12H24N2O3/c1-11(2,3)7(13)9(15)14-8(10(16)17)12(4,5)6/h7-8H,13H2,1-6H3,(H,14,15)(H,16,17)/t7?,8-/m0/s1. The van der Waals surface area contributed by atoms with Gasteiger partial charge in [0.2, 0.25) is 5.91 Å². The molecule has 1 amide bonds. The van der Waals surface area contributed by atoms with Gasteiger partial charge >= 0.3 is 5.97 Å². The molecule has 2 atom stereocenters. The van der Waals surface area contributed by atoms with E-state index in [4.69, 9.17) is 10.8 Å². The highest BCUT2D eigenvalue weighted by Gasteiger charge is 2.36. The van der Waals surface area contributed by atoms with E-state index in [1.54, 1.807) is 20.8 Å². The van der Waals surface area contributed by atoms with E-state index in [-0.39, 0.29) is 0 Å². The van der Waals surface area contributed by atoms with Gasteiger partial charge in [-0.3, -0.25) is 4.79 Å². The number of rotatable bonds is 3. The molecule has 4 N–H and O–H groups in total. The topological polar surface area (TPSA) is 92.4 Å². The van der Waals surface area contributed by atoms with Gasteiger partial charge in [-0.25, -0.2) is 4.79 Å². The molecule has 0 bridgehead atoms. The molecule has 5 heteroatoms. The molecular formula is C12H24N2O3. The zero-order valence-electron chi connectivity index (χ0n) is 11.5. The normalized spacial score (nSPS) is 16.2. The molecule has 0 saturated heterocycles. The first-order chi connectivity index (χ1) is 7.37. The van der Waals surface area contributed by atoms with E-state index in [1.165, 1.54) is 0 Å². The van der Waals surface area contributed by atoms with E-state index in [1.807, 2.05) is 20.8 Å². The van der Waals surface area contributed by atoms with Gasteiger partial charge in [-0.15, -0.1) is 0 Å². The van der Waals surface area contributed by atoms with Crippen molar-refractivity contribution in [3.05, 3.63) is 0 Å². The average molecular weight is 244 g/mol. The summed E-state index contributed by atoms with van der Waals surface area (Å²) in [6.07, 6.45) is 0. The van der Waals surface area contributed by atoms with Crippen molar-refractivity contribution in [2.75, 3.05) is 0 Å². The summed E-state index contributed by atoms with van der Waals surface area (Å²) in [4.78, 5) is 23.0. The number of nitrogens with two attached hydrogens (primary N) is 1. The van der Waals surface area contributed by atoms with Gasteiger partial charge in [-0.2, -0.15) is 0 Å². The van der Waals surface area contributed by atoms with Crippen molar-refractivity contribution < 1.29 is 14.7 Å². The highest BCUT2D eigenvalue weighted by atomic mass is 16.4. The van der Waals surface area contributed by atoms with Gasteiger partial charge in [0, 0.05) is 0 Å². The molecule has 0 spiro atoms. The first-order valence-corrected chi connectivity index (χ1v) is 5.66. The molecule has 100 valence electrons. The largest absolute Gasteiger partial charge is 0.480 e. The Hall–Kier alpha value is -1.10. The van der Waals surface area contributed by atoms with E-state index in [0.717, 1.165) is 0 Å². The van der Waals surface area contributed by atoms with Gasteiger partial charge in [0.05, 0.1) is 6.04 Å². The van der Waals surface area contributed by atoms with Crippen LogP contribution in [0.5, 0.6) is 0 Å². The second kappa shape index (κ2) is 5.04. The van der Waals surface area contributed by atoms with Gasteiger partial charge in [0.25, 0.3) is 0 Å². The maximum atomic E-state index is 11.9. The molecular weight excluding hydrogens is 220 g/mol. The summed E-state index contributed by atoms with van der Waals surface area (Å²) in [5.74, 6) is -1.48. The Kier molecular flexibility index (Phi) is 4.71. The molecule has 0 aromatic rings. The van der Waals surface area contributed by atoms with Gasteiger partial charge in [-0.05, 0) is 10.8 Å². The van der Waals surface area contributed by atoms with E-state index in [9.17, 15) is 9.59 Å². The van der Waals surface area contributed by atoms with Crippen molar-refractivity contribution in [2.45, 2.75) is 53.6 Å². The lowest BCUT2D eigenvalue weighted by Gasteiger charge is -2.32. The van der Waals surface area contributed by atoms with Gasteiger partial charge in [0.1, 0.15) is 6.04 Å². The van der Waals surface area contributed by atoms with Crippen LogP contribution >= 0.6 is 0 Å². The SMILES string of the molecule is CC(C)(C)C(N)C(=O)N[C@@H](C(=O)O)C(C)(C)C. The van der Waals surface area contributed by atoms with Crippen LogP contribution in [0.4, 0.5) is 0 Å². The first-order valence-electron chi connectivity index (χ1n) is 5.66. The summed E-state index contributed by atoms with van der Waals surface area (Å²) < 4.78 is 0. The van der Waals surface area contributed by atoms with Crippen LogP contribution in [0.3, 0.4) is 0 Å². The molecule has 0 rings (SSSR count). The summed E-state index contributed by atoms with van der Waals surface area (Å²) in [6.45, 7) is 10.8. The fourth-order valence-corrected chi connectivity index (χ4v) is 1.27. The summed E-state index contributed by atoms with van der Waals surface area (Å²) in [6, 6.07) is -1.67. The number of hydrogen-bond acceptors (Lipinski definition) is 3. The number of carbonyl (C=O) groups is 2. The maximum Gasteiger partial charge on any atom is 0.326 e. The van der Waals surface area contributed by atoms with Crippen molar-refractivity contribution in [3.8, 4) is 0 Å². The number of carboxylic acid groups (broad SMARTS) is 1. The van der Waals surface area contributed by atoms with Crippen molar-refractivity contribution >= 4 is 11.9 Å². The monoisotopic (exact) mass is 244 g/mol. The van der Waals surface area contributed by atoms with Crippen molar-refractivity contribution in [2.24, 2.45) is 16.6 Å². The molecule has 0 aliphatic rings. The van der Waals surface area contributed by atoms with Crippen LogP contribution in [0.15, 0.2) is 0 Å². The maximum absolute atomic E-state index is 11.9. The number of carbonyl (C=O) groups excluding carboxylic acids is 1. The number of hydrogen-bond donors (Lipinski definition) is 3. The first kappa shape index (κ1) is 15.9. The predicted molar refractivity (Wildman–Crippen MR) is 66.5 cm³/mol. The van der Waals surface area contributed by atoms with E-state index >= 15 is 0 Å². The third-order valence-corrected chi connectivity index (χ3v) is 2.62. The van der Waals surface area contributed by atoms with Crippen LogP contribution < -0.4 is 11.1 Å². The fourth-order valence-electron chi connectivity index (χ4n) is 1.27. The van der Waals surface area contributed by atoms with Gasteiger partial charge in [-0.1, -0.05) is 41.5 Å². The minimum absolute atomic E-state index is 0.398. The zero-order chi connectivity index (χ0) is 14.0. The third kappa shape index (κ3) is 4.73. The molecule has 0 fully saturated rings. The number of amides is 1. The molecule has 0 aliphatic carbocycles. The second-order valence-corrected chi connectivity index (χ2v) is 6.49. The van der Waals surface area contributed by atoms with Crippen molar-refractivity contribution in [1.29, 1.82) is 0 Å². The molecule has 1 unspecified atom stereocenters. The molecule has 0 aromatic heterocycles. The number of aliphatic carboxylic acids is 1. The van der Waals surface area contributed by atoms with Gasteiger partial charge in [0.15, 0.2) is 0 Å². The van der Waals surface area contributed by atoms with Crippen LogP contribution in [0, 0.1) is 10.8 Å². The summed E-state index contributed by atoms with van der Waals surface area (Å²) in [5.41, 5.74) is 4.83. The fraction of sp³-hybridized carbons (Fsp3) is 0.833. The Morgan fingerprint density at radius 3 is 1.71 bits per heavy atom. The Labute approximate surface area is 103 Å². The lowest BCUT2D eigenvalue weighted by Crippen LogP contribution is -2.56. The molecule has 0 aromatic carbocycles. The number of carboxylic acids is 1. The lowest BCUT2D eigenvalue weighted by atomic mass is 9.84. The number of nitrogens with one attached hydrogen (secondary N) is 1. The van der Waals surface area contributed by atoms with E-state index < -0.39 is 34.8 Å². The highest BCUT2D eigenvalue weighted by Crippen LogP contribution is 2.21. The third-order valence-electron chi connectivity index (χ3n) is 2.62. The van der Waals surface area contributed by atoms with Crippen LogP contribution in [-0.2, 0) is 9.59 Å². The van der Waals surface area contributed by atoms with E-state index in [0.29, 0.717) is 0 Å². The molecule has 5 nitrogen and oxygen atoms in total. The van der Waals surface area contributed by atoms with Crippen LogP contribution in [0.25, 0.3) is 0 Å².